The average molecular weight is 372 g/mol. The zero-order valence-electron chi connectivity index (χ0n) is 17.1. The monoisotopic (exact) mass is 371 g/mol. The summed E-state index contributed by atoms with van der Waals surface area (Å²) in [6.07, 6.45) is 2.14. The molecular formula is C22H33N3O2. The third-order valence-corrected chi connectivity index (χ3v) is 6.47. The molecule has 5 heteroatoms. The molecule has 3 rings (SSSR count). The first-order valence-corrected chi connectivity index (χ1v) is 10.2. The van der Waals surface area contributed by atoms with Gasteiger partial charge in [-0.15, -0.1) is 0 Å². The van der Waals surface area contributed by atoms with Crippen LogP contribution in [0.3, 0.4) is 0 Å². The number of likely N-dealkylation sites (tertiary alicyclic amines) is 1. The molecule has 0 spiro atoms. The summed E-state index contributed by atoms with van der Waals surface area (Å²) in [5.74, 6) is 0.282. The standard InChI is InChI=1S/C22H33N3O2/c1-5-15(2)17-8-6-7-9-18(17)25-13-16(12-20(25)26)21(27)24-11-10-19(23)22(3,4)14-24/h6-9,15-16,19H,5,10-14,23H2,1-4H3. The van der Waals surface area contributed by atoms with E-state index in [0.717, 1.165) is 18.5 Å². The van der Waals surface area contributed by atoms with Gasteiger partial charge in [-0.3, -0.25) is 9.59 Å². The lowest BCUT2D eigenvalue weighted by Gasteiger charge is -2.43. The van der Waals surface area contributed by atoms with Crippen LogP contribution in [0.15, 0.2) is 24.3 Å². The normalized spacial score (nSPS) is 26.3. The smallest absolute Gasteiger partial charge is 0.228 e. The predicted octanol–water partition coefficient (Wildman–Crippen LogP) is 3.14. The maximum atomic E-state index is 13.1. The molecule has 3 unspecified atom stereocenters. The van der Waals surface area contributed by atoms with E-state index in [0.29, 0.717) is 32.0 Å². The van der Waals surface area contributed by atoms with Crippen molar-refractivity contribution >= 4 is 17.5 Å². The first-order chi connectivity index (χ1) is 12.7. The first kappa shape index (κ1) is 19.9. The van der Waals surface area contributed by atoms with E-state index in [1.807, 2.05) is 28.0 Å². The van der Waals surface area contributed by atoms with Crippen LogP contribution in [0, 0.1) is 11.3 Å². The Balaban J connectivity index is 1.76. The van der Waals surface area contributed by atoms with Gasteiger partial charge in [0.05, 0.1) is 5.92 Å². The van der Waals surface area contributed by atoms with Gasteiger partial charge in [0.1, 0.15) is 0 Å². The third-order valence-electron chi connectivity index (χ3n) is 6.47. The molecule has 1 aromatic rings. The number of hydrogen-bond donors (Lipinski definition) is 1. The zero-order chi connectivity index (χ0) is 19.8. The number of nitrogens with zero attached hydrogens (tertiary/aromatic N) is 2. The van der Waals surface area contributed by atoms with Crippen LogP contribution in [-0.2, 0) is 9.59 Å². The maximum Gasteiger partial charge on any atom is 0.228 e. The molecule has 1 aromatic carbocycles. The fraction of sp³-hybridized carbons (Fsp3) is 0.636. The molecule has 2 heterocycles. The Bertz CT molecular complexity index is 715. The second-order valence-corrected chi connectivity index (χ2v) is 8.92. The van der Waals surface area contributed by atoms with E-state index < -0.39 is 0 Å². The van der Waals surface area contributed by atoms with Gasteiger partial charge in [-0.05, 0) is 35.8 Å². The van der Waals surface area contributed by atoms with Crippen molar-refractivity contribution in [3.8, 4) is 0 Å². The minimum Gasteiger partial charge on any atom is -0.342 e. The van der Waals surface area contributed by atoms with Crippen LogP contribution in [-0.4, -0.2) is 42.4 Å². The average Bonchev–Trinajstić information content (AvgIpc) is 3.04. The number of rotatable bonds is 4. The summed E-state index contributed by atoms with van der Waals surface area (Å²) in [5, 5.41) is 0. The second-order valence-electron chi connectivity index (χ2n) is 8.92. The minimum atomic E-state index is -0.257. The van der Waals surface area contributed by atoms with Gasteiger partial charge >= 0.3 is 0 Å². The van der Waals surface area contributed by atoms with Crippen LogP contribution in [0.25, 0.3) is 0 Å². The van der Waals surface area contributed by atoms with E-state index in [9.17, 15) is 9.59 Å². The molecule has 27 heavy (non-hydrogen) atoms. The Morgan fingerprint density at radius 3 is 2.70 bits per heavy atom. The first-order valence-electron chi connectivity index (χ1n) is 10.2. The summed E-state index contributed by atoms with van der Waals surface area (Å²) in [6.45, 7) is 10.4. The van der Waals surface area contributed by atoms with Crippen molar-refractivity contribution in [2.45, 2.75) is 58.9 Å². The number of para-hydroxylation sites is 1. The van der Waals surface area contributed by atoms with Crippen LogP contribution in [0.1, 0.15) is 58.4 Å². The van der Waals surface area contributed by atoms with Crippen LogP contribution in [0.4, 0.5) is 5.69 Å². The van der Waals surface area contributed by atoms with Crippen molar-refractivity contribution < 1.29 is 9.59 Å². The molecule has 2 N–H and O–H groups in total. The van der Waals surface area contributed by atoms with Crippen molar-refractivity contribution in [3.05, 3.63) is 29.8 Å². The number of hydrogen-bond acceptors (Lipinski definition) is 3. The van der Waals surface area contributed by atoms with Crippen molar-refractivity contribution in [2.24, 2.45) is 17.1 Å². The SMILES string of the molecule is CCC(C)c1ccccc1N1CC(C(=O)N2CCC(N)C(C)(C)C2)CC1=O. The van der Waals surface area contributed by atoms with Gasteiger partial charge in [0.2, 0.25) is 11.8 Å². The van der Waals surface area contributed by atoms with Crippen molar-refractivity contribution in [1.29, 1.82) is 0 Å². The highest BCUT2D eigenvalue weighted by Gasteiger charge is 2.41. The molecule has 0 aliphatic carbocycles. The van der Waals surface area contributed by atoms with Gasteiger partial charge in [0.15, 0.2) is 0 Å². The van der Waals surface area contributed by atoms with E-state index in [-0.39, 0.29) is 29.2 Å². The number of carbonyl (C=O) groups excluding carboxylic acids is 2. The molecule has 2 saturated heterocycles. The Morgan fingerprint density at radius 1 is 1.33 bits per heavy atom. The number of piperidine rings is 1. The van der Waals surface area contributed by atoms with Crippen LogP contribution < -0.4 is 10.6 Å². The second kappa shape index (κ2) is 7.63. The van der Waals surface area contributed by atoms with Gasteiger partial charge in [-0.2, -0.15) is 0 Å². The van der Waals surface area contributed by atoms with E-state index in [4.69, 9.17) is 5.73 Å². The summed E-state index contributed by atoms with van der Waals surface area (Å²) in [6, 6.07) is 8.21. The molecule has 148 valence electrons. The highest BCUT2D eigenvalue weighted by atomic mass is 16.2. The van der Waals surface area contributed by atoms with Crippen LogP contribution in [0.5, 0.6) is 0 Å². The lowest BCUT2D eigenvalue weighted by Crippen LogP contribution is -2.55. The molecule has 2 fully saturated rings. The molecule has 5 nitrogen and oxygen atoms in total. The summed E-state index contributed by atoms with van der Waals surface area (Å²) >= 11 is 0. The molecule has 3 atom stereocenters. The molecule has 2 aliphatic rings. The molecular weight excluding hydrogens is 338 g/mol. The number of anilines is 1. The predicted molar refractivity (Wildman–Crippen MR) is 109 cm³/mol. The summed E-state index contributed by atoms with van der Waals surface area (Å²) < 4.78 is 0. The quantitative estimate of drug-likeness (QED) is 0.884. The van der Waals surface area contributed by atoms with Gasteiger partial charge in [-0.25, -0.2) is 0 Å². The number of benzene rings is 1. The van der Waals surface area contributed by atoms with Gasteiger partial charge < -0.3 is 15.5 Å². The molecule has 0 radical (unpaired) electrons. The van der Waals surface area contributed by atoms with Crippen molar-refractivity contribution in [3.63, 3.8) is 0 Å². The Kier molecular flexibility index (Phi) is 5.61. The topological polar surface area (TPSA) is 66.6 Å². The number of nitrogens with two attached hydrogens (primary N) is 1. The lowest BCUT2D eigenvalue weighted by atomic mass is 9.79. The molecule has 0 aromatic heterocycles. The maximum absolute atomic E-state index is 13.1. The molecule has 0 bridgehead atoms. The number of amides is 2. The Labute approximate surface area is 162 Å². The fourth-order valence-corrected chi connectivity index (χ4v) is 4.30. The van der Waals surface area contributed by atoms with Crippen molar-refractivity contribution in [1.82, 2.24) is 4.90 Å². The lowest BCUT2D eigenvalue weighted by molar-refractivity contribution is -0.139. The largest absolute Gasteiger partial charge is 0.342 e. The number of carbonyl (C=O) groups is 2. The van der Waals surface area contributed by atoms with Crippen molar-refractivity contribution in [2.75, 3.05) is 24.5 Å². The minimum absolute atomic E-state index is 0.0528. The van der Waals surface area contributed by atoms with E-state index in [1.165, 1.54) is 5.56 Å². The third kappa shape index (κ3) is 3.88. The Hall–Kier alpha value is -1.88. The fourth-order valence-electron chi connectivity index (χ4n) is 4.30. The van der Waals surface area contributed by atoms with E-state index >= 15 is 0 Å². The molecule has 0 saturated carbocycles. The summed E-state index contributed by atoms with van der Waals surface area (Å²) in [5.41, 5.74) is 8.27. The van der Waals surface area contributed by atoms with Crippen LogP contribution >= 0.6 is 0 Å². The zero-order valence-corrected chi connectivity index (χ0v) is 17.1. The van der Waals surface area contributed by atoms with Gasteiger partial charge in [-0.1, -0.05) is 45.9 Å². The summed E-state index contributed by atoms with van der Waals surface area (Å²) in [4.78, 5) is 29.6. The highest BCUT2D eigenvalue weighted by Crippen LogP contribution is 2.35. The van der Waals surface area contributed by atoms with Gasteiger partial charge in [0, 0.05) is 37.8 Å². The highest BCUT2D eigenvalue weighted by molar-refractivity contribution is 6.01. The molecule has 2 amide bonds. The Morgan fingerprint density at radius 2 is 2.04 bits per heavy atom. The van der Waals surface area contributed by atoms with Crippen LogP contribution in [0.2, 0.25) is 0 Å². The van der Waals surface area contributed by atoms with E-state index in [2.05, 4.69) is 33.8 Å². The van der Waals surface area contributed by atoms with E-state index in [1.54, 1.807) is 0 Å². The summed E-state index contributed by atoms with van der Waals surface area (Å²) in [7, 11) is 0. The molecule has 2 aliphatic heterocycles. The van der Waals surface area contributed by atoms with Gasteiger partial charge in [0.25, 0.3) is 0 Å².